The van der Waals surface area contributed by atoms with E-state index in [4.69, 9.17) is 9.47 Å². The van der Waals surface area contributed by atoms with Crippen molar-refractivity contribution >= 4 is 27.3 Å². The zero-order valence-corrected chi connectivity index (χ0v) is 18.3. The van der Waals surface area contributed by atoms with E-state index >= 15 is 0 Å². The molecule has 0 saturated heterocycles. The molecule has 1 N–H and O–H groups in total. The van der Waals surface area contributed by atoms with E-state index in [1.54, 1.807) is 55.6 Å². The monoisotopic (exact) mass is 440 g/mol. The van der Waals surface area contributed by atoms with Gasteiger partial charge in [-0.1, -0.05) is 18.2 Å². The molecule has 0 saturated carbocycles. The van der Waals surface area contributed by atoms with E-state index in [1.165, 1.54) is 6.92 Å². The predicted octanol–water partition coefficient (Wildman–Crippen LogP) is 4.28. The van der Waals surface area contributed by atoms with Crippen LogP contribution in [0.3, 0.4) is 0 Å². The Kier molecular flexibility index (Phi) is 6.81. The molecule has 1 amide bonds. The summed E-state index contributed by atoms with van der Waals surface area (Å²) in [4.78, 5) is 12.8. The van der Waals surface area contributed by atoms with Crippen LogP contribution < -0.4 is 19.1 Å². The lowest BCUT2D eigenvalue weighted by Gasteiger charge is -2.28. The van der Waals surface area contributed by atoms with Crippen molar-refractivity contribution < 1.29 is 22.7 Å². The molecule has 0 fully saturated rings. The van der Waals surface area contributed by atoms with E-state index in [0.717, 1.165) is 10.6 Å². The summed E-state index contributed by atoms with van der Waals surface area (Å²) in [6, 6.07) is 21.6. The van der Waals surface area contributed by atoms with Gasteiger partial charge in [0.1, 0.15) is 23.3 Å². The van der Waals surface area contributed by atoms with Gasteiger partial charge in [0.15, 0.2) is 0 Å². The summed E-state index contributed by atoms with van der Waals surface area (Å²) in [5.74, 6) is 1.42. The summed E-state index contributed by atoms with van der Waals surface area (Å²) in [6.45, 7) is 1.54. The molecule has 0 aromatic heterocycles. The first-order chi connectivity index (χ1) is 14.8. The first-order valence-corrected chi connectivity index (χ1v) is 11.4. The Bertz CT molecular complexity index is 1110. The third-order valence-corrected chi connectivity index (χ3v) is 5.76. The van der Waals surface area contributed by atoms with Crippen molar-refractivity contribution in [1.29, 1.82) is 0 Å². The number of amides is 1. The second-order valence-corrected chi connectivity index (χ2v) is 8.72. The lowest BCUT2D eigenvalue weighted by Crippen LogP contribution is -2.45. The number of nitrogens with one attached hydrogen (secondary N) is 1. The molecule has 0 unspecified atom stereocenters. The topological polar surface area (TPSA) is 84.9 Å². The highest BCUT2D eigenvalue weighted by atomic mass is 32.2. The second kappa shape index (κ2) is 9.53. The summed E-state index contributed by atoms with van der Waals surface area (Å²) in [7, 11) is -2.17. The van der Waals surface area contributed by atoms with E-state index in [2.05, 4.69) is 5.32 Å². The minimum atomic E-state index is -3.73. The first-order valence-electron chi connectivity index (χ1n) is 9.55. The maximum atomic E-state index is 12.8. The van der Waals surface area contributed by atoms with Crippen LogP contribution in [0.2, 0.25) is 0 Å². The lowest BCUT2D eigenvalue weighted by atomic mass is 10.2. The molecule has 3 aromatic rings. The molecule has 1 atom stereocenters. The van der Waals surface area contributed by atoms with Crippen LogP contribution in [0.25, 0.3) is 0 Å². The minimum Gasteiger partial charge on any atom is -0.497 e. The van der Waals surface area contributed by atoms with Crippen LogP contribution in [-0.2, 0) is 14.8 Å². The number of hydrogen-bond acceptors (Lipinski definition) is 5. The van der Waals surface area contributed by atoms with Crippen LogP contribution in [-0.4, -0.2) is 33.7 Å². The summed E-state index contributed by atoms with van der Waals surface area (Å²) >= 11 is 0. The van der Waals surface area contributed by atoms with Crippen LogP contribution in [0.15, 0.2) is 78.9 Å². The van der Waals surface area contributed by atoms with Gasteiger partial charge in [-0.2, -0.15) is 0 Å². The molecule has 162 valence electrons. The maximum Gasteiger partial charge on any atom is 0.247 e. The predicted molar refractivity (Wildman–Crippen MR) is 121 cm³/mol. The van der Waals surface area contributed by atoms with Gasteiger partial charge in [0.2, 0.25) is 15.9 Å². The standard InChI is InChI=1S/C23H24N2O5S/c1-17(23(26)24-18-9-13-20(29-2)14-10-18)25(31(3,27)28)19-11-15-22(16-12-19)30-21-7-5-4-6-8-21/h4-17H,1-3H3,(H,24,26)/t17-/m0/s1. The van der Waals surface area contributed by atoms with Crippen LogP contribution in [0.4, 0.5) is 11.4 Å². The molecule has 0 aliphatic heterocycles. The van der Waals surface area contributed by atoms with Crippen LogP contribution in [0, 0.1) is 0 Å². The Morgan fingerprint density at radius 1 is 0.871 bits per heavy atom. The number of benzene rings is 3. The number of nitrogens with zero attached hydrogens (tertiary/aromatic N) is 1. The maximum absolute atomic E-state index is 12.8. The molecule has 0 aliphatic carbocycles. The number of sulfonamides is 1. The average molecular weight is 441 g/mol. The molecule has 0 radical (unpaired) electrons. The van der Waals surface area contributed by atoms with Crippen molar-refractivity contribution in [1.82, 2.24) is 0 Å². The molecule has 0 heterocycles. The number of para-hydroxylation sites is 1. The molecule has 7 nitrogen and oxygen atoms in total. The Morgan fingerprint density at radius 3 is 1.97 bits per heavy atom. The van der Waals surface area contributed by atoms with Crippen molar-refractivity contribution in [3.63, 3.8) is 0 Å². The van der Waals surface area contributed by atoms with Gasteiger partial charge in [-0.25, -0.2) is 8.42 Å². The largest absolute Gasteiger partial charge is 0.497 e. The third-order valence-electron chi connectivity index (χ3n) is 4.52. The summed E-state index contributed by atoms with van der Waals surface area (Å²) in [6.07, 6.45) is 1.07. The number of hydrogen-bond donors (Lipinski definition) is 1. The molecule has 3 aromatic carbocycles. The van der Waals surface area contributed by atoms with Gasteiger partial charge in [0.25, 0.3) is 0 Å². The summed E-state index contributed by atoms with van der Waals surface area (Å²) in [5.41, 5.74) is 0.901. The zero-order valence-electron chi connectivity index (χ0n) is 17.5. The highest BCUT2D eigenvalue weighted by Gasteiger charge is 2.29. The Balaban J connectivity index is 1.78. The Labute approximate surface area is 182 Å². The number of carbonyl (C=O) groups excluding carboxylic acids is 1. The normalized spacial score (nSPS) is 12.0. The van der Waals surface area contributed by atoms with E-state index in [-0.39, 0.29) is 0 Å². The van der Waals surface area contributed by atoms with Crippen molar-refractivity contribution in [2.24, 2.45) is 0 Å². The number of ether oxygens (including phenoxy) is 2. The number of rotatable bonds is 8. The first kappa shape index (κ1) is 22.2. The fourth-order valence-electron chi connectivity index (χ4n) is 3.02. The highest BCUT2D eigenvalue weighted by molar-refractivity contribution is 7.92. The molecule has 0 aliphatic rings. The Morgan fingerprint density at radius 2 is 1.42 bits per heavy atom. The van der Waals surface area contributed by atoms with Crippen LogP contribution in [0.1, 0.15) is 6.92 Å². The number of carbonyl (C=O) groups is 1. The molecule has 8 heteroatoms. The molecular formula is C23H24N2O5S. The fourth-order valence-corrected chi connectivity index (χ4v) is 4.19. The van der Waals surface area contributed by atoms with Gasteiger partial charge >= 0.3 is 0 Å². The zero-order chi connectivity index (χ0) is 22.4. The van der Waals surface area contributed by atoms with E-state index in [0.29, 0.717) is 28.6 Å². The molecule has 0 spiro atoms. The molecule has 3 rings (SSSR count). The van der Waals surface area contributed by atoms with Gasteiger partial charge < -0.3 is 14.8 Å². The van der Waals surface area contributed by atoms with Gasteiger partial charge in [0.05, 0.1) is 19.1 Å². The summed E-state index contributed by atoms with van der Waals surface area (Å²) in [5, 5.41) is 2.73. The van der Waals surface area contributed by atoms with Crippen molar-refractivity contribution in [2.45, 2.75) is 13.0 Å². The quantitative estimate of drug-likeness (QED) is 0.565. The molecule has 31 heavy (non-hydrogen) atoms. The van der Waals surface area contributed by atoms with Crippen LogP contribution >= 0.6 is 0 Å². The SMILES string of the molecule is COc1ccc(NC(=O)[C@H](C)N(c2ccc(Oc3ccccc3)cc2)S(C)(=O)=O)cc1. The van der Waals surface area contributed by atoms with E-state index in [1.807, 2.05) is 30.3 Å². The summed E-state index contributed by atoms with van der Waals surface area (Å²) < 4.78 is 36.9. The fraction of sp³-hybridized carbons (Fsp3) is 0.174. The van der Waals surface area contributed by atoms with E-state index < -0.39 is 22.0 Å². The van der Waals surface area contributed by atoms with Gasteiger partial charge in [0, 0.05) is 5.69 Å². The molecular weight excluding hydrogens is 416 g/mol. The second-order valence-electron chi connectivity index (χ2n) is 6.86. The smallest absolute Gasteiger partial charge is 0.247 e. The minimum absolute atomic E-state index is 0.361. The van der Waals surface area contributed by atoms with E-state index in [9.17, 15) is 13.2 Å². The third kappa shape index (κ3) is 5.76. The van der Waals surface area contributed by atoms with Gasteiger partial charge in [-0.05, 0) is 67.6 Å². The van der Waals surface area contributed by atoms with Crippen molar-refractivity contribution in [2.75, 3.05) is 23.0 Å². The number of anilines is 2. The van der Waals surface area contributed by atoms with Crippen molar-refractivity contribution in [3.8, 4) is 17.2 Å². The number of methoxy groups -OCH3 is 1. The average Bonchev–Trinajstić information content (AvgIpc) is 2.75. The van der Waals surface area contributed by atoms with Crippen molar-refractivity contribution in [3.05, 3.63) is 78.9 Å². The molecule has 0 bridgehead atoms. The van der Waals surface area contributed by atoms with Gasteiger partial charge in [-0.3, -0.25) is 9.10 Å². The van der Waals surface area contributed by atoms with Crippen LogP contribution in [0.5, 0.6) is 17.2 Å². The lowest BCUT2D eigenvalue weighted by molar-refractivity contribution is -0.116. The Hall–Kier alpha value is -3.52. The van der Waals surface area contributed by atoms with Gasteiger partial charge in [-0.15, -0.1) is 0 Å². The highest BCUT2D eigenvalue weighted by Crippen LogP contribution is 2.27.